The lowest BCUT2D eigenvalue weighted by Crippen LogP contribution is -2.38. The van der Waals surface area contributed by atoms with Gasteiger partial charge in [-0.1, -0.05) is 17.9 Å². The Labute approximate surface area is 154 Å². The number of esters is 2. The van der Waals surface area contributed by atoms with Gasteiger partial charge in [-0.3, -0.25) is 9.59 Å². The van der Waals surface area contributed by atoms with Crippen LogP contribution in [-0.2, 0) is 19.1 Å². The monoisotopic (exact) mass is 356 g/mol. The van der Waals surface area contributed by atoms with Gasteiger partial charge in [0.2, 0.25) is 0 Å². The van der Waals surface area contributed by atoms with E-state index in [9.17, 15) is 20.1 Å². The Kier molecular flexibility index (Phi) is 8.40. The SMILES string of the molecule is C=CC1CC(C(=O)OCC)CCC1C(C#N)(C#N)CC#CCOC(C)=O. The molecular weight excluding hydrogens is 332 g/mol. The van der Waals surface area contributed by atoms with Gasteiger partial charge in [0, 0.05) is 13.3 Å². The van der Waals surface area contributed by atoms with Crippen molar-refractivity contribution < 1.29 is 19.1 Å². The van der Waals surface area contributed by atoms with Crippen molar-refractivity contribution in [1.29, 1.82) is 10.5 Å². The molecule has 1 aliphatic rings. The number of nitriles is 2. The zero-order valence-electron chi connectivity index (χ0n) is 15.3. The van der Waals surface area contributed by atoms with Gasteiger partial charge >= 0.3 is 11.9 Å². The molecule has 0 radical (unpaired) electrons. The highest BCUT2D eigenvalue weighted by Crippen LogP contribution is 2.46. The third-order valence-corrected chi connectivity index (χ3v) is 4.69. The molecule has 6 nitrogen and oxygen atoms in total. The summed E-state index contributed by atoms with van der Waals surface area (Å²) in [5, 5.41) is 19.4. The molecule has 0 spiro atoms. The molecule has 0 aromatic heterocycles. The largest absolute Gasteiger partial charge is 0.466 e. The summed E-state index contributed by atoms with van der Waals surface area (Å²) in [5.74, 6) is 4.13. The van der Waals surface area contributed by atoms with Gasteiger partial charge in [-0.05, 0) is 38.0 Å². The molecule has 0 aromatic carbocycles. The highest BCUT2D eigenvalue weighted by molar-refractivity contribution is 5.72. The topological polar surface area (TPSA) is 100 Å². The van der Waals surface area contributed by atoms with Gasteiger partial charge in [0.1, 0.15) is 0 Å². The molecule has 1 fully saturated rings. The quantitative estimate of drug-likeness (QED) is 0.412. The molecule has 1 rings (SSSR count). The van der Waals surface area contributed by atoms with Gasteiger partial charge in [-0.25, -0.2) is 0 Å². The summed E-state index contributed by atoms with van der Waals surface area (Å²) in [6, 6.07) is 4.27. The first-order chi connectivity index (χ1) is 12.4. The van der Waals surface area contributed by atoms with E-state index < -0.39 is 11.4 Å². The van der Waals surface area contributed by atoms with E-state index in [4.69, 9.17) is 9.47 Å². The molecule has 0 bridgehead atoms. The minimum absolute atomic E-state index is 0.0559. The molecule has 1 aliphatic carbocycles. The van der Waals surface area contributed by atoms with E-state index >= 15 is 0 Å². The van der Waals surface area contributed by atoms with Crippen molar-refractivity contribution >= 4 is 11.9 Å². The average molecular weight is 356 g/mol. The first-order valence-electron chi connectivity index (χ1n) is 8.64. The highest BCUT2D eigenvalue weighted by Gasteiger charge is 2.46. The summed E-state index contributed by atoms with van der Waals surface area (Å²) in [6.45, 7) is 7.13. The Morgan fingerprint density at radius 2 is 1.92 bits per heavy atom. The maximum Gasteiger partial charge on any atom is 0.308 e. The number of ether oxygens (including phenoxy) is 2. The molecule has 0 N–H and O–H groups in total. The van der Waals surface area contributed by atoms with Gasteiger partial charge in [0.15, 0.2) is 12.0 Å². The van der Waals surface area contributed by atoms with Crippen LogP contribution in [0.2, 0.25) is 0 Å². The van der Waals surface area contributed by atoms with Crippen LogP contribution in [0, 0.1) is 57.7 Å². The van der Waals surface area contributed by atoms with E-state index in [0.29, 0.717) is 25.9 Å². The number of hydrogen-bond acceptors (Lipinski definition) is 6. The molecule has 0 aliphatic heterocycles. The predicted octanol–water partition coefficient (Wildman–Crippen LogP) is 2.76. The van der Waals surface area contributed by atoms with Crippen molar-refractivity contribution in [2.45, 2.75) is 39.5 Å². The summed E-state index contributed by atoms with van der Waals surface area (Å²) in [6.07, 6.45) is 3.40. The van der Waals surface area contributed by atoms with Crippen LogP contribution in [0.15, 0.2) is 12.7 Å². The van der Waals surface area contributed by atoms with Gasteiger partial charge in [0.25, 0.3) is 0 Å². The number of carbonyl (C=O) groups is 2. The third-order valence-electron chi connectivity index (χ3n) is 4.69. The number of carbonyl (C=O) groups excluding carboxylic acids is 2. The average Bonchev–Trinajstić information content (AvgIpc) is 2.64. The Morgan fingerprint density at radius 1 is 1.23 bits per heavy atom. The minimum atomic E-state index is -1.29. The van der Waals surface area contributed by atoms with Crippen LogP contribution in [0.3, 0.4) is 0 Å². The van der Waals surface area contributed by atoms with Crippen molar-refractivity contribution in [1.82, 2.24) is 0 Å². The molecule has 0 saturated heterocycles. The molecule has 0 amide bonds. The van der Waals surface area contributed by atoms with E-state index in [1.54, 1.807) is 13.0 Å². The van der Waals surface area contributed by atoms with Crippen LogP contribution >= 0.6 is 0 Å². The molecule has 26 heavy (non-hydrogen) atoms. The van der Waals surface area contributed by atoms with Crippen molar-refractivity contribution in [2.24, 2.45) is 23.2 Å². The van der Waals surface area contributed by atoms with Crippen molar-refractivity contribution in [3.05, 3.63) is 12.7 Å². The second-order valence-electron chi connectivity index (χ2n) is 6.27. The van der Waals surface area contributed by atoms with E-state index in [1.165, 1.54) is 6.92 Å². The molecular formula is C20H24N2O4. The Balaban J connectivity index is 2.90. The van der Waals surface area contributed by atoms with Crippen LogP contribution in [0.25, 0.3) is 0 Å². The van der Waals surface area contributed by atoms with E-state index in [2.05, 4.69) is 30.6 Å². The molecule has 6 heteroatoms. The lowest BCUT2D eigenvalue weighted by atomic mass is 9.61. The van der Waals surface area contributed by atoms with Crippen LogP contribution in [0.1, 0.15) is 39.5 Å². The summed E-state index contributed by atoms with van der Waals surface area (Å²) in [7, 11) is 0. The third kappa shape index (κ3) is 5.36. The number of rotatable bonds is 6. The number of nitrogens with zero attached hydrogens (tertiary/aromatic N) is 2. The Hall–Kier alpha value is -2.78. The summed E-state index contributed by atoms with van der Waals surface area (Å²) in [4.78, 5) is 22.7. The van der Waals surface area contributed by atoms with E-state index in [-0.39, 0.29) is 36.8 Å². The van der Waals surface area contributed by atoms with Crippen LogP contribution < -0.4 is 0 Å². The molecule has 3 unspecified atom stereocenters. The first kappa shape index (κ1) is 21.3. The Bertz CT molecular complexity index is 661. The molecule has 3 atom stereocenters. The van der Waals surface area contributed by atoms with E-state index in [1.807, 2.05) is 0 Å². The summed E-state index contributed by atoms with van der Waals surface area (Å²) in [5.41, 5.74) is -1.29. The lowest BCUT2D eigenvalue weighted by Gasteiger charge is -2.39. The fraction of sp³-hybridized carbons (Fsp3) is 0.600. The molecule has 0 heterocycles. The van der Waals surface area contributed by atoms with Gasteiger partial charge in [0.05, 0.1) is 24.7 Å². The lowest BCUT2D eigenvalue weighted by molar-refractivity contribution is -0.150. The maximum absolute atomic E-state index is 12.0. The zero-order chi connectivity index (χ0) is 19.6. The number of hydrogen-bond donors (Lipinski definition) is 0. The highest BCUT2D eigenvalue weighted by atomic mass is 16.5. The smallest absolute Gasteiger partial charge is 0.308 e. The van der Waals surface area contributed by atoms with Gasteiger partial charge in [-0.15, -0.1) is 6.58 Å². The van der Waals surface area contributed by atoms with Crippen molar-refractivity contribution in [2.75, 3.05) is 13.2 Å². The number of allylic oxidation sites excluding steroid dienone is 1. The Morgan fingerprint density at radius 3 is 2.46 bits per heavy atom. The van der Waals surface area contributed by atoms with E-state index in [0.717, 1.165) is 0 Å². The van der Waals surface area contributed by atoms with Crippen LogP contribution in [0.4, 0.5) is 0 Å². The van der Waals surface area contributed by atoms with Gasteiger partial charge < -0.3 is 9.47 Å². The van der Waals surface area contributed by atoms with Crippen molar-refractivity contribution in [3.63, 3.8) is 0 Å². The van der Waals surface area contributed by atoms with Crippen LogP contribution in [-0.4, -0.2) is 25.2 Å². The normalized spacial score (nSPS) is 21.9. The van der Waals surface area contributed by atoms with Crippen molar-refractivity contribution in [3.8, 4) is 24.0 Å². The zero-order valence-corrected chi connectivity index (χ0v) is 15.3. The fourth-order valence-electron chi connectivity index (χ4n) is 3.34. The molecule has 0 aromatic rings. The second-order valence-corrected chi connectivity index (χ2v) is 6.27. The first-order valence-corrected chi connectivity index (χ1v) is 8.64. The summed E-state index contributed by atoms with van der Waals surface area (Å²) < 4.78 is 9.82. The fourth-order valence-corrected chi connectivity index (χ4v) is 3.34. The maximum atomic E-state index is 12.0. The minimum Gasteiger partial charge on any atom is -0.466 e. The molecule has 138 valence electrons. The molecule has 1 saturated carbocycles. The van der Waals surface area contributed by atoms with Gasteiger partial charge in [-0.2, -0.15) is 10.5 Å². The summed E-state index contributed by atoms with van der Waals surface area (Å²) >= 11 is 0. The standard InChI is InChI=1S/C20H24N2O4/c1-4-16-12-17(19(24)25-5-2)8-9-18(16)20(13-21,14-22)10-6-7-11-26-15(3)23/h4,16-18H,1,5,8-12H2,2-3H3. The predicted molar refractivity (Wildman–Crippen MR) is 93.8 cm³/mol. The second kappa shape index (κ2) is 10.3. The van der Waals surface area contributed by atoms with Crippen LogP contribution in [0.5, 0.6) is 0 Å².